The summed E-state index contributed by atoms with van der Waals surface area (Å²) in [5.41, 5.74) is 4.76. The number of carboxylic acid groups (broad SMARTS) is 1. The predicted octanol–water partition coefficient (Wildman–Crippen LogP) is 5.54. The second-order valence-corrected chi connectivity index (χ2v) is 8.57. The first-order chi connectivity index (χ1) is 16.6. The van der Waals surface area contributed by atoms with Crippen molar-refractivity contribution in [3.63, 3.8) is 0 Å². The molecule has 0 spiro atoms. The van der Waals surface area contributed by atoms with E-state index in [9.17, 15) is 4.79 Å². The molecule has 2 heterocycles. The van der Waals surface area contributed by atoms with Crippen molar-refractivity contribution >= 4 is 28.5 Å². The second kappa shape index (κ2) is 9.36. The van der Waals surface area contributed by atoms with Gasteiger partial charge in [-0.3, -0.25) is 14.9 Å². The Balaban J connectivity index is 1.62. The van der Waals surface area contributed by atoms with Crippen molar-refractivity contribution in [1.82, 2.24) is 20.2 Å². The molecule has 2 aromatic heterocycles. The van der Waals surface area contributed by atoms with Crippen molar-refractivity contribution in [2.24, 2.45) is 0 Å². The summed E-state index contributed by atoms with van der Waals surface area (Å²) in [6.45, 7) is 0. The highest BCUT2D eigenvalue weighted by molar-refractivity contribution is 7.99. The Morgan fingerprint density at radius 3 is 2.47 bits per heavy atom. The van der Waals surface area contributed by atoms with Gasteiger partial charge in [-0.05, 0) is 57.8 Å². The van der Waals surface area contributed by atoms with Crippen LogP contribution in [0.15, 0.2) is 84.3 Å². The summed E-state index contributed by atoms with van der Waals surface area (Å²) in [7, 11) is 1.61. The Labute approximate surface area is 199 Å². The van der Waals surface area contributed by atoms with Crippen LogP contribution in [0, 0.1) is 0 Å². The molecule has 0 aliphatic rings. The molecular weight excluding hydrogens is 448 g/mol. The molecule has 7 nitrogen and oxygen atoms in total. The van der Waals surface area contributed by atoms with Gasteiger partial charge >= 0.3 is 5.97 Å². The number of H-pyrrole nitrogens is 1. The zero-order valence-electron chi connectivity index (χ0n) is 18.2. The number of hydrogen-bond donors (Lipinski definition) is 2. The maximum Gasteiger partial charge on any atom is 0.313 e. The number of methoxy groups -OCH3 is 1. The number of carbonyl (C=O) groups is 1. The van der Waals surface area contributed by atoms with Crippen molar-refractivity contribution in [3.8, 4) is 39.4 Å². The summed E-state index contributed by atoms with van der Waals surface area (Å²) in [5.74, 6) is 0.215. The van der Waals surface area contributed by atoms with E-state index < -0.39 is 5.97 Å². The summed E-state index contributed by atoms with van der Waals surface area (Å²) in [4.78, 5) is 19.7. The van der Waals surface area contributed by atoms with Crippen molar-refractivity contribution in [3.05, 3.63) is 79.1 Å². The number of ether oxygens (including phenoxy) is 1. The van der Waals surface area contributed by atoms with Crippen LogP contribution in [0.4, 0.5) is 0 Å². The number of aromatic nitrogens is 4. The van der Waals surface area contributed by atoms with E-state index in [1.54, 1.807) is 19.5 Å². The summed E-state index contributed by atoms with van der Waals surface area (Å²) in [6, 6.07) is 22.7. The van der Waals surface area contributed by atoms with Gasteiger partial charge in [0.1, 0.15) is 5.75 Å². The fraction of sp³-hybridized carbons (Fsp3) is 0.0769. The molecule has 0 saturated carbocycles. The van der Waals surface area contributed by atoms with Crippen molar-refractivity contribution in [2.75, 3.05) is 12.9 Å². The maximum absolute atomic E-state index is 10.9. The summed E-state index contributed by atoms with van der Waals surface area (Å²) >= 11 is 1.07. The number of hydrogen-bond acceptors (Lipinski definition) is 6. The molecule has 3 aromatic carbocycles. The smallest absolute Gasteiger partial charge is 0.313 e. The van der Waals surface area contributed by atoms with Crippen LogP contribution in [0.5, 0.6) is 5.75 Å². The molecule has 0 unspecified atom stereocenters. The van der Waals surface area contributed by atoms with E-state index in [0.717, 1.165) is 45.0 Å². The summed E-state index contributed by atoms with van der Waals surface area (Å²) < 4.78 is 5.36. The van der Waals surface area contributed by atoms with Gasteiger partial charge in [0.15, 0.2) is 5.82 Å². The zero-order valence-corrected chi connectivity index (χ0v) is 19.0. The minimum atomic E-state index is -0.914. The highest BCUT2D eigenvalue weighted by Crippen LogP contribution is 2.34. The molecule has 0 fully saturated rings. The van der Waals surface area contributed by atoms with Crippen LogP contribution in [0.25, 0.3) is 44.4 Å². The van der Waals surface area contributed by atoms with Gasteiger partial charge in [0.25, 0.3) is 0 Å². The minimum Gasteiger partial charge on any atom is -0.495 e. The molecule has 0 amide bonds. The first kappa shape index (κ1) is 21.7. The van der Waals surface area contributed by atoms with E-state index in [1.165, 1.54) is 5.39 Å². The molecule has 0 aliphatic carbocycles. The molecule has 0 bridgehead atoms. The third-order valence-corrected chi connectivity index (χ3v) is 6.19. The number of aromatic amines is 1. The molecule has 34 heavy (non-hydrogen) atoms. The van der Waals surface area contributed by atoms with Crippen LogP contribution >= 0.6 is 11.8 Å². The average Bonchev–Trinajstić information content (AvgIpc) is 3.36. The lowest BCUT2D eigenvalue weighted by Crippen LogP contribution is -1.97. The van der Waals surface area contributed by atoms with Crippen molar-refractivity contribution in [2.45, 2.75) is 5.16 Å². The number of pyridine rings is 1. The number of fused-ring (bicyclic) bond motifs is 1. The molecule has 8 heteroatoms. The largest absolute Gasteiger partial charge is 0.495 e. The van der Waals surface area contributed by atoms with Gasteiger partial charge in [0, 0.05) is 17.3 Å². The number of aliphatic carboxylic acids is 1. The number of nitrogens with zero attached hydrogens (tertiary/aromatic N) is 3. The lowest BCUT2D eigenvalue weighted by Gasteiger charge is -2.11. The Bertz CT molecular complexity index is 1500. The molecule has 0 aliphatic heterocycles. The van der Waals surface area contributed by atoms with Gasteiger partial charge in [0.05, 0.1) is 19.1 Å². The third-order valence-electron chi connectivity index (χ3n) is 5.36. The fourth-order valence-electron chi connectivity index (χ4n) is 3.72. The van der Waals surface area contributed by atoms with Crippen LogP contribution in [0.2, 0.25) is 0 Å². The number of rotatable bonds is 7. The third kappa shape index (κ3) is 4.62. The van der Waals surface area contributed by atoms with Gasteiger partial charge in [-0.2, -0.15) is 0 Å². The van der Waals surface area contributed by atoms with Gasteiger partial charge in [-0.15, -0.1) is 5.10 Å². The quantitative estimate of drug-likeness (QED) is 0.303. The topological polar surface area (TPSA) is 101 Å². The number of carboxylic acids is 1. The zero-order chi connectivity index (χ0) is 23.5. The predicted molar refractivity (Wildman–Crippen MR) is 133 cm³/mol. The van der Waals surface area contributed by atoms with Gasteiger partial charge < -0.3 is 9.84 Å². The summed E-state index contributed by atoms with van der Waals surface area (Å²) in [6.07, 6.45) is 3.46. The van der Waals surface area contributed by atoms with Gasteiger partial charge in [-0.1, -0.05) is 48.2 Å². The Hall–Kier alpha value is -4.17. The molecule has 0 radical (unpaired) electrons. The molecular formula is C26H20N4O3S. The number of benzene rings is 3. The number of thioether (sulfide) groups is 1. The van der Waals surface area contributed by atoms with E-state index in [1.807, 2.05) is 30.3 Å². The first-order valence-corrected chi connectivity index (χ1v) is 11.5. The van der Waals surface area contributed by atoms with Gasteiger partial charge in [-0.25, -0.2) is 4.98 Å². The van der Waals surface area contributed by atoms with Crippen LogP contribution in [-0.4, -0.2) is 44.1 Å². The van der Waals surface area contributed by atoms with Crippen LogP contribution < -0.4 is 4.74 Å². The SMILES string of the molecule is COc1cncc(-c2cc(-c3ccc4ccccc4c3)cc(-c3nc(SCC(=O)O)n[nH]3)c2)c1. The van der Waals surface area contributed by atoms with E-state index in [4.69, 9.17) is 9.84 Å². The van der Waals surface area contributed by atoms with E-state index in [2.05, 4.69) is 56.6 Å². The molecule has 0 saturated heterocycles. The minimum absolute atomic E-state index is 0.102. The fourth-order valence-corrected chi connectivity index (χ4v) is 4.24. The Morgan fingerprint density at radius 2 is 1.68 bits per heavy atom. The summed E-state index contributed by atoms with van der Waals surface area (Å²) in [5, 5.41) is 18.8. The molecule has 168 valence electrons. The molecule has 5 rings (SSSR count). The van der Waals surface area contributed by atoms with Gasteiger partial charge in [0.2, 0.25) is 5.16 Å². The molecule has 5 aromatic rings. The molecule has 0 atom stereocenters. The Morgan fingerprint density at radius 1 is 0.912 bits per heavy atom. The maximum atomic E-state index is 10.9. The van der Waals surface area contributed by atoms with Crippen LogP contribution in [0.3, 0.4) is 0 Å². The van der Waals surface area contributed by atoms with E-state index >= 15 is 0 Å². The lowest BCUT2D eigenvalue weighted by molar-refractivity contribution is -0.133. The second-order valence-electron chi connectivity index (χ2n) is 7.62. The highest BCUT2D eigenvalue weighted by Gasteiger charge is 2.13. The van der Waals surface area contributed by atoms with Crippen LogP contribution in [0.1, 0.15) is 0 Å². The van der Waals surface area contributed by atoms with Crippen molar-refractivity contribution < 1.29 is 14.6 Å². The lowest BCUT2D eigenvalue weighted by atomic mass is 9.95. The highest BCUT2D eigenvalue weighted by atomic mass is 32.2. The first-order valence-electron chi connectivity index (χ1n) is 10.5. The van der Waals surface area contributed by atoms with E-state index in [-0.39, 0.29) is 5.75 Å². The normalized spacial score (nSPS) is 11.0. The number of nitrogens with one attached hydrogen (secondary N) is 1. The Kier molecular flexibility index (Phi) is 5.97. The van der Waals surface area contributed by atoms with E-state index in [0.29, 0.717) is 16.7 Å². The molecule has 2 N–H and O–H groups in total. The van der Waals surface area contributed by atoms with Crippen molar-refractivity contribution in [1.29, 1.82) is 0 Å². The standard InChI is InChI=1S/C26H20N4O3S/c1-33-23-12-22(13-27-14-23)20-9-19(18-7-6-16-4-2-3-5-17(16)8-18)10-21(11-20)25-28-26(30-29-25)34-15-24(31)32/h2-14H,15H2,1H3,(H,31,32)(H,28,29,30). The average molecular weight is 469 g/mol. The monoisotopic (exact) mass is 468 g/mol. The van der Waals surface area contributed by atoms with Crippen LogP contribution in [-0.2, 0) is 4.79 Å².